The lowest BCUT2D eigenvalue weighted by molar-refractivity contribution is 0.0463. The van der Waals surface area contributed by atoms with Gasteiger partial charge in [-0.25, -0.2) is 0 Å². The van der Waals surface area contributed by atoms with Crippen LogP contribution in [0.5, 0.6) is 0 Å². The van der Waals surface area contributed by atoms with Gasteiger partial charge in [0.05, 0.1) is 17.4 Å². The molecule has 0 fully saturated rings. The van der Waals surface area contributed by atoms with E-state index in [0.29, 0.717) is 6.16 Å². The summed E-state index contributed by atoms with van der Waals surface area (Å²) < 4.78 is 24.2. The van der Waals surface area contributed by atoms with Crippen molar-refractivity contribution in [2.75, 3.05) is 6.16 Å². The Bertz CT molecular complexity index is 242. The van der Waals surface area contributed by atoms with E-state index in [1.807, 2.05) is 62.3 Å². The van der Waals surface area contributed by atoms with E-state index in [-0.39, 0.29) is 5.41 Å². The van der Waals surface area contributed by atoms with Crippen molar-refractivity contribution in [1.82, 2.24) is 0 Å². The van der Waals surface area contributed by atoms with E-state index in [4.69, 9.17) is 9.05 Å². The lowest BCUT2D eigenvalue weighted by Gasteiger charge is -2.35. The van der Waals surface area contributed by atoms with Gasteiger partial charge in [0.1, 0.15) is 0 Å². The van der Waals surface area contributed by atoms with Gasteiger partial charge in [-0.05, 0) is 47.0 Å². The zero-order valence-electron chi connectivity index (χ0n) is 12.9. The summed E-state index contributed by atoms with van der Waals surface area (Å²) in [6.07, 6.45) is 0.425. The zero-order chi connectivity index (χ0) is 14.1. The predicted molar refractivity (Wildman–Crippen MR) is 73.6 cm³/mol. The SMILES string of the molecule is CC(C)(C)CP(=O)(OC(C)(C)C)OC(C)(C)C. The topological polar surface area (TPSA) is 35.5 Å². The van der Waals surface area contributed by atoms with Crippen LogP contribution in [0.3, 0.4) is 0 Å². The lowest BCUT2D eigenvalue weighted by atomic mass is 10.0. The van der Waals surface area contributed by atoms with E-state index in [1.54, 1.807) is 0 Å². The first-order valence-corrected chi connectivity index (χ1v) is 7.85. The average Bonchev–Trinajstić information content (AvgIpc) is 1.65. The van der Waals surface area contributed by atoms with Crippen LogP contribution in [0.25, 0.3) is 0 Å². The van der Waals surface area contributed by atoms with Gasteiger partial charge in [-0.3, -0.25) is 4.57 Å². The summed E-state index contributed by atoms with van der Waals surface area (Å²) in [5.74, 6) is 0. The fraction of sp³-hybridized carbons (Fsp3) is 1.00. The van der Waals surface area contributed by atoms with Crippen molar-refractivity contribution in [3.05, 3.63) is 0 Å². The zero-order valence-corrected chi connectivity index (χ0v) is 13.8. The lowest BCUT2D eigenvalue weighted by Crippen LogP contribution is -2.27. The van der Waals surface area contributed by atoms with Crippen molar-refractivity contribution in [2.45, 2.75) is 73.5 Å². The Kier molecular flexibility index (Phi) is 5.07. The molecule has 0 aliphatic heterocycles. The van der Waals surface area contributed by atoms with Crippen molar-refractivity contribution >= 4 is 7.60 Å². The molecule has 0 saturated heterocycles. The molecular weight excluding hydrogens is 235 g/mol. The van der Waals surface area contributed by atoms with E-state index in [9.17, 15) is 4.57 Å². The van der Waals surface area contributed by atoms with Crippen LogP contribution in [0.2, 0.25) is 0 Å². The minimum Gasteiger partial charge on any atom is -0.303 e. The molecule has 104 valence electrons. The van der Waals surface area contributed by atoms with Gasteiger partial charge in [0.2, 0.25) is 0 Å². The van der Waals surface area contributed by atoms with Crippen molar-refractivity contribution in [3.8, 4) is 0 Å². The number of hydrogen-bond donors (Lipinski definition) is 0. The van der Waals surface area contributed by atoms with Crippen LogP contribution in [0, 0.1) is 5.41 Å². The Labute approximate surface area is 107 Å². The van der Waals surface area contributed by atoms with Gasteiger partial charge >= 0.3 is 7.60 Å². The summed E-state index contributed by atoms with van der Waals surface area (Å²) in [6, 6.07) is 0. The monoisotopic (exact) mass is 264 g/mol. The molecule has 0 saturated carbocycles. The van der Waals surface area contributed by atoms with Gasteiger partial charge in [-0.2, -0.15) is 0 Å². The van der Waals surface area contributed by atoms with Crippen LogP contribution < -0.4 is 0 Å². The minimum absolute atomic E-state index is 0.0912. The first-order valence-electron chi connectivity index (χ1n) is 6.13. The number of rotatable bonds is 3. The smallest absolute Gasteiger partial charge is 0.303 e. The molecule has 0 atom stereocenters. The Morgan fingerprint density at radius 1 is 0.765 bits per heavy atom. The van der Waals surface area contributed by atoms with Crippen molar-refractivity contribution in [3.63, 3.8) is 0 Å². The van der Waals surface area contributed by atoms with Gasteiger partial charge < -0.3 is 9.05 Å². The predicted octanol–water partition coefficient (Wildman–Crippen LogP) is 4.86. The Hall–Kier alpha value is 0.150. The molecule has 0 spiro atoms. The Morgan fingerprint density at radius 3 is 1.24 bits per heavy atom. The second-order valence-corrected chi connectivity index (χ2v) is 9.64. The largest absolute Gasteiger partial charge is 0.332 e. The van der Waals surface area contributed by atoms with E-state index >= 15 is 0 Å². The molecule has 0 bridgehead atoms. The van der Waals surface area contributed by atoms with E-state index in [2.05, 4.69) is 0 Å². The Morgan fingerprint density at radius 2 is 1.06 bits per heavy atom. The third-order valence-corrected chi connectivity index (χ3v) is 4.48. The van der Waals surface area contributed by atoms with Crippen LogP contribution >= 0.6 is 7.60 Å². The van der Waals surface area contributed by atoms with Crippen LogP contribution in [0.4, 0.5) is 0 Å². The molecule has 0 aliphatic carbocycles. The fourth-order valence-electron chi connectivity index (χ4n) is 1.50. The van der Waals surface area contributed by atoms with Crippen LogP contribution in [0.1, 0.15) is 62.3 Å². The average molecular weight is 264 g/mol. The first-order chi connectivity index (χ1) is 7.12. The summed E-state index contributed by atoms with van der Waals surface area (Å²) >= 11 is 0. The molecule has 4 heteroatoms. The Balaban J connectivity index is 5.03. The molecule has 0 rings (SSSR count). The van der Waals surface area contributed by atoms with Crippen LogP contribution in [-0.2, 0) is 13.6 Å². The van der Waals surface area contributed by atoms with Crippen LogP contribution in [0.15, 0.2) is 0 Å². The second-order valence-electron chi connectivity index (χ2n) is 7.74. The highest BCUT2D eigenvalue weighted by Gasteiger charge is 2.38. The van der Waals surface area contributed by atoms with Gasteiger partial charge in [-0.1, -0.05) is 20.8 Å². The van der Waals surface area contributed by atoms with Crippen molar-refractivity contribution in [1.29, 1.82) is 0 Å². The second kappa shape index (κ2) is 5.03. The van der Waals surface area contributed by atoms with Crippen molar-refractivity contribution < 1.29 is 13.6 Å². The summed E-state index contributed by atoms with van der Waals surface area (Å²) in [5, 5.41) is 0. The van der Waals surface area contributed by atoms with Crippen LogP contribution in [-0.4, -0.2) is 17.4 Å². The normalized spacial score (nSPS) is 15.1. The summed E-state index contributed by atoms with van der Waals surface area (Å²) in [6.45, 7) is 17.5. The molecule has 0 unspecified atom stereocenters. The molecule has 0 amide bonds. The molecule has 17 heavy (non-hydrogen) atoms. The third-order valence-electron chi connectivity index (χ3n) is 1.49. The maximum atomic E-state index is 12.8. The third kappa shape index (κ3) is 9.82. The quantitative estimate of drug-likeness (QED) is 0.683. The summed E-state index contributed by atoms with van der Waals surface area (Å²) in [7, 11) is -3.08. The maximum absolute atomic E-state index is 12.8. The molecule has 0 aromatic rings. The molecule has 0 aliphatic rings. The minimum atomic E-state index is -3.08. The highest BCUT2D eigenvalue weighted by atomic mass is 31.2. The fourth-order valence-corrected chi connectivity index (χ4v) is 4.50. The molecule has 0 heterocycles. The molecular formula is C13H29O3P. The molecule has 0 N–H and O–H groups in total. The summed E-state index contributed by atoms with van der Waals surface area (Å²) in [4.78, 5) is 0. The highest BCUT2D eigenvalue weighted by Crippen LogP contribution is 2.57. The van der Waals surface area contributed by atoms with Gasteiger partial charge in [0.15, 0.2) is 0 Å². The molecule has 3 nitrogen and oxygen atoms in total. The van der Waals surface area contributed by atoms with E-state index in [1.165, 1.54) is 0 Å². The molecule has 0 aromatic heterocycles. The molecule has 0 radical (unpaired) electrons. The van der Waals surface area contributed by atoms with Crippen molar-refractivity contribution in [2.24, 2.45) is 5.41 Å². The molecule has 0 aromatic carbocycles. The van der Waals surface area contributed by atoms with E-state index in [0.717, 1.165) is 0 Å². The van der Waals surface area contributed by atoms with E-state index < -0.39 is 18.8 Å². The maximum Gasteiger partial charge on any atom is 0.332 e. The van der Waals surface area contributed by atoms with Gasteiger partial charge in [0.25, 0.3) is 0 Å². The first kappa shape index (κ1) is 17.2. The standard InChI is InChI=1S/C13H29O3P/c1-11(2,3)10-17(14,15-12(4,5)6)16-13(7,8)9/h10H2,1-9H3. The highest BCUT2D eigenvalue weighted by molar-refractivity contribution is 7.54. The summed E-state index contributed by atoms with van der Waals surface area (Å²) in [5.41, 5.74) is -1.02. The van der Waals surface area contributed by atoms with Gasteiger partial charge in [0, 0.05) is 0 Å². The van der Waals surface area contributed by atoms with Gasteiger partial charge in [-0.15, -0.1) is 0 Å². The number of hydrogen-bond acceptors (Lipinski definition) is 3.